The van der Waals surface area contributed by atoms with E-state index in [0.717, 1.165) is 28.9 Å². The van der Waals surface area contributed by atoms with Crippen LogP contribution in [0.25, 0.3) is 5.65 Å². The summed E-state index contributed by atoms with van der Waals surface area (Å²) in [6.07, 6.45) is 0.861. The zero-order chi connectivity index (χ0) is 16.6. The normalized spacial score (nSPS) is 12.4. The summed E-state index contributed by atoms with van der Waals surface area (Å²) in [5.74, 6) is -2.70. The number of nitrogens with one attached hydrogen (secondary N) is 1. The van der Waals surface area contributed by atoms with E-state index >= 15 is 0 Å². The van der Waals surface area contributed by atoms with Gasteiger partial charge in [-0.1, -0.05) is 11.2 Å². The van der Waals surface area contributed by atoms with Gasteiger partial charge in [0.25, 0.3) is 0 Å². The molecule has 0 aliphatic rings. The molecule has 0 saturated heterocycles. The highest BCUT2D eigenvalue weighted by Gasteiger charge is 2.25. The number of halogens is 3. The maximum atomic E-state index is 13.7. The maximum Gasteiger partial charge on any atom is 0.389 e. The lowest BCUT2D eigenvalue weighted by molar-refractivity contribution is 0.363. The van der Waals surface area contributed by atoms with Gasteiger partial charge in [-0.3, -0.25) is 0 Å². The minimum Gasteiger partial charge on any atom is -0.585 e. The summed E-state index contributed by atoms with van der Waals surface area (Å²) in [5, 5.41) is 3.38. The van der Waals surface area contributed by atoms with Crippen molar-refractivity contribution in [2.45, 2.75) is 5.16 Å². The van der Waals surface area contributed by atoms with E-state index in [1.807, 2.05) is 0 Å². The topological polar surface area (TPSA) is 87.4 Å². The Hall–Kier alpha value is -2.53. The Balaban J connectivity index is 1.98. The Bertz CT molecular complexity index is 855. The van der Waals surface area contributed by atoms with Crippen molar-refractivity contribution in [3.8, 4) is 6.01 Å². The molecule has 3 aromatic rings. The minimum atomic E-state index is -2.23. The predicted molar refractivity (Wildman–Crippen MR) is 73.7 cm³/mol. The predicted octanol–water partition coefficient (Wildman–Crippen LogP) is 1.68. The average molecular weight is 343 g/mol. The van der Waals surface area contributed by atoms with Gasteiger partial charge in [0.1, 0.15) is 11.4 Å². The number of rotatable bonds is 4. The molecule has 7 nitrogen and oxygen atoms in total. The monoisotopic (exact) mass is 343 g/mol. The van der Waals surface area contributed by atoms with E-state index in [1.165, 1.54) is 7.11 Å². The largest absolute Gasteiger partial charge is 0.585 e. The van der Waals surface area contributed by atoms with Crippen molar-refractivity contribution in [2.75, 3.05) is 11.8 Å². The molecule has 0 saturated carbocycles. The van der Waals surface area contributed by atoms with Crippen molar-refractivity contribution in [3.05, 3.63) is 41.8 Å². The number of ether oxygens (including phenoxy) is 1. The van der Waals surface area contributed by atoms with E-state index in [4.69, 9.17) is 4.74 Å². The fraction of sp³-hybridized carbons (Fsp3) is 0.0833. The maximum absolute atomic E-state index is 13.7. The smallest absolute Gasteiger partial charge is 0.389 e. The zero-order valence-corrected chi connectivity index (χ0v) is 12.3. The van der Waals surface area contributed by atoms with Gasteiger partial charge in [-0.05, 0) is 12.1 Å². The third kappa shape index (κ3) is 2.75. The Morgan fingerprint density at radius 2 is 1.91 bits per heavy atom. The number of nitrogens with zero attached hydrogens (tertiary/aromatic N) is 4. The molecule has 0 fully saturated rings. The molecule has 0 spiro atoms. The fourth-order valence-electron chi connectivity index (χ4n) is 1.76. The van der Waals surface area contributed by atoms with Crippen LogP contribution in [0.1, 0.15) is 0 Å². The first-order valence-corrected chi connectivity index (χ1v) is 7.24. The third-order valence-corrected chi connectivity index (χ3v) is 3.67. The van der Waals surface area contributed by atoms with E-state index in [2.05, 4.69) is 19.8 Å². The van der Waals surface area contributed by atoms with Gasteiger partial charge in [-0.2, -0.15) is 14.2 Å². The number of aromatic nitrogens is 4. The van der Waals surface area contributed by atoms with E-state index in [0.29, 0.717) is 0 Å². The summed E-state index contributed by atoms with van der Waals surface area (Å²) in [7, 11) is 1.28. The number of fused-ring (bicyclic) bond motifs is 1. The molecule has 3 rings (SSSR count). The molecule has 0 radical (unpaired) electrons. The lowest BCUT2D eigenvalue weighted by Gasteiger charge is -2.08. The van der Waals surface area contributed by atoms with Crippen LogP contribution in [0.4, 0.5) is 18.9 Å². The molecule has 0 aliphatic carbocycles. The van der Waals surface area contributed by atoms with Gasteiger partial charge >= 0.3 is 11.2 Å². The van der Waals surface area contributed by atoms with Crippen LogP contribution in [0.2, 0.25) is 0 Å². The van der Waals surface area contributed by atoms with Crippen LogP contribution in [0.3, 0.4) is 0 Å². The number of hydrogen-bond donors (Lipinski definition) is 1. The molecular formula is C12H8F3N5O2S. The summed E-state index contributed by atoms with van der Waals surface area (Å²) in [6, 6.07) is 3.06. The standard InChI is InChI=1S/C12H8F3N5O2S/c1-22-12-16-5-8(15)10-17-11(18-20(10)12)23(21)19-9-6(13)3-2-4-7(9)14/h2-5,19H,1H3. The van der Waals surface area contributed by atoms with Crippen molar-refractivity contribution >= 4 is 22.7 Å². The molecular weight excluding hydrogens is 335 g/mol. The summed E-state index contributed by atoms with van der Waals surface area (Å²) < 4.78 is 60.8. The van der Waals surface area contributed by atoms with Gasteiger partial charge in [0.05, 0.1) is 13.3 Å². The highest BCUT2D eigenvalue weighted by Crippen LogP contribution is 2.22. The van der Waals surface area contributed by atoms with Gasteiger partial charge in [0.15, 0.2) is 23.1 Å². The first-order chi connectivity index (χ1) is 11.0. The molecule has 1 unspecified atom stereocenters. The number of methoxy groups -OCH3 is 1. The fourth-order valence-corrected chi connectivity index (χ4v) is 2.55. The van der Waals surface area contributed by atoms with Crippen LogP contribution < -0.4 is 9.46 Å². The molecule has 1 atom stereocenters. The van der Waals surface area contributed by atoms with Gasteiger partial charge in [-0.25, -0.2) is 18.2 Å². The Kier molecular flexibility index (Phi) is 3.96. The van der Waals surface area contributed by atoms with Crippen molar-refractivity contribution in [3.63, 3.8) is 0 Å². The Morgan fingerprint density at radius 1 is 1.22 bits per heavy atom. The summed E-state index contributed by atoms with van der Waals surface area (Å²) in [4.78, 5) is 7.36. The number of hydrogen-bond acceptors (Lipinski definition) is 6. The van der Waals surface area contributed by atoms with E-state index in [-0.39, 0.29) is 11.7 Å². The quantitative estimate of drug-likeness (QED) is 0.726. The summed E-state index contributed by atoms with van der Waals surface area (Å²) in [5.41, 5.74) is -0.883. The van der Waals surface area contributed by atoms with Crippen LogP contribution in [0.5, 0.6) is 6.01 Å². The highest BCUT2D eigenvalue weighted by molar-refractivity contribution is 7.92. The summed E-state index contributed by atoms with van der Waals surface area (Å²) in [6.45, 7) is 0. The second kappa shape index (κ2) is 5.93. The highest BCUT2D eigenvalue weighted by atomic mass is 32.2. The lowest BCUT2D eigenvalue weighted by Crippen LogP contribution is -2.17. The van der Waals surface area contributed by atoms with Crippen LogP contribution >= 0.6 is 0 Å². The molecule has 1 N–H and O–H groups in total. The van der Waals surface area contributed by atoms with Crippen LogP contribution in [-0.2, 0) is 11.4 Å². The lowest BCUT2D eigenvalue weighted by atomic mass is 10.3. The van der Waals surface area contributed by atoms with Gasteiger partial charge in [0.2, 0.25) is 5.65 Å². The van der Waals surface area contributed by atoms with Crippen molar-refractivity contribution in [2.24, 2.45) is 0 Å². The molecule has 1 aromatic carbocycles. The molecule has 0 bridgehead atoms. The minimum absolute atomic E-state index is 0.0887. The van der Waals surface area contributed by atoms with Crippen LogP contribution in [0, 0.1) is 17.5 Å². The first-order valence-electron chi connectivity index (χ1n) is 6.09. The first kappa shape index (κ1) is 15.4. The zero-order valence-electron chi connectivity index (χ0n) is 11.5. The molecule has 0 amide bonds. The second-order valence-corrected chi connectivity index (χ2v) is 5.30. The van der Waals surface area contributed by atoms with E-state index < -0.39 is 39.7 Å². The molecule has 120 valence electrons. The number of benzene rings is 1. The molecule has 2 heterocycles. The van der Waals surface area contributed by atoms with Gasteiger partial charge < -0.3 is 9.29 Å². The molecule has 11 heteroatoms. The molecule has 23 heavy (non-hydrogen) atoms. The average Bonchev–Trinajstić information content (AvgIpc) is 2.98. The molecule has 2 aromatic heterocycles. The van der Waals surface area contributed by atoms with Crippen molar-refractivity contribution in [1.82, 2.24) is 19.6 Å². The molecule has 0 aliphatic heterocycles. The van der Waals surface area contributed by atoms with Crippen LogP contribution in [0.15, 0.2) is 29.6 Å². The third-order valence-electron chi connectivity index (χ3n) is 2.78. The van der Waals surface area contributed by atoms with Gasteiger partial charge in [0, 0.05) is 0 Å². The van der Waals surface area contributed by atoms with Gasteiger partial charge in [-0.15, -0.1) is 0 Å². The van der Waals surface area contributed by atoms with E-state index in [9.17, 15) is 17.7 Å². The van der Waals surface area contributed by atoms with Crippen molar-refractivity contribution in [1.29, 1.82) is 0 Å². The Labute approximate surface area is 130 Å². The number of anilines is 1. The van der Waals surface area contributed by atoms with Crippen LogP contribution in [-0.4, -0.2) is 31.2 Å². The van der Waals surface area contributed by atoms with E-state index in [1.54, 1.807) is 0 Å². The summed E-state index contributed by atoms with van der Waals surface area (Å²) >= 11 is -2.23. The SMILES string of the molecule is COc1ncc(F)c2nc([S+]([O-])Nc3c(F)cccc3F)nn12. The van der Waals surface area contributed by atoms with Crippen molar-refractivity contribution < 1.29 is 22.5 Å². The number of para-hydroxylation sites is 1. The Morgan fingerprint density at radius 3 is 2.57 bits per heavy atom. The second-order valence-electron chi connectivity index (χ2n) is 4.19.